The zero-order valence-corrected chi connectivity index (χ0v) is 13.4. The molecule has 1 aliphatic rings. The average Bonchev–Trinajstić information content (AvgIpc) is 3.22. The number of amides is 1. The van der Waals surface area contributed by atoms with E-state index < -0.39 is 41.8 Å². The fraction of sp³-hybridized carbons (Fsp3) is 0.438. The molecule has 0 bridgehead atoms. The quantitative estimate of drug-likeness (QED) is 0.612. The highest BCUT2D eigenvalue weighted by Crippen LogP contribution is 2.48. The highest BCUT2D eigenvalue weighted by Gasteiger charge is 2.60. The first-order chi connectivity index (χ1) is 11.2. The summed E-state index contributed by atoms with van der Waals surface area (Å²) in [6.45, 7) is 3.48. The topological polar surface area (TPSA) is 139 Å². The summed E-state index contributed by atoms with van der Waals surface area (Å²) in [5, 5.41) is 20.6. The second-order valence-electron chi connectivity index (χ2n) is 5.96. The van der Waals surface area contributed by atoms with Crippen molar-refractivity contribution in [2.75, 3.05) is 11.9 Å². The first kappa shape index (κ1) is 17.7. The molecule has 0 aromatic heterocycles. The van der Waals surface area contributed by atoms with Gasteiger partial charge in [0.2, 0.25) is 0 Å². The first-order valence-corrected chi connectivity index (χ1v) is 7.45. The van der Waals surface area contributed by atoms with Gasteiger partial charge in [0.05, 0.1) is 12.5 Å². The number of nitrogens with one attached hydrogen (secondary N) is 1. The molecule has 4 atom stereocenters. The van der Waals surface area contributed by atoms with Crippen molar-refractivity contribution in [2.24, 2.45) is 23.5 Å². The molecule has 0 spiro atoms. The monoisotopic (exact) mass is 336 g/mol. The summed E-state index contributed by atoms with van der Waals surface area (Å²) in [4.78, 5) is 33.9. The van der Waals surface area contributed by atoms with Gasteiger partial charge in [-0.3, -0.25) is 14.9 Å². The molecule has 0 aliphatic heterocycles. The normalized spacial score (nSPS) is 23.2. The van der Waals surface area contributed by atoms with Crippen LogP contribution < -0.4 is 11.1 Å². The molecule has 1 aliphatic carbocycles. The Balaban J connectivity index is 1.94. The van der Waals surface area contributed by atoms with Gasteiger partial charge in [-0.1, -0.05) is 18.2 Å². The molecule has 1 aromatic carbocycles. The zero-order valence-electron chi connectivity index (χ0n) is 13.4. The van der Waals surface area contributed by atoms with Crippen molar-refractivity contribution in [3.8, 4) is 0 Å². The number of aryl methyl sites for hydroxylation is 2. The number of carbonyl (C=O) groups is 3. The number of para-hydroxylation sites is 1. The number of hydrogen-bond acceptors (Lipinski definition) is 5. The van der Waals surface area contributed by atoms with E-state index in [4.69, 9.17) is 20.7 Å². The van der Waals surface area contributed by atoms with Gasteiger partial charge in [-0.15, -0.1) is 0 Å². The van der Waals surface area contributed by atoms with Crippen molar-refractivity contribution < 1.29 is 29.3 Å². The molecule has 1 amide bonds. The summed E-state index contributed by atoms with van der Waals surface area (Å²) >= 11 is 0. The Morgan fingerprint density at radius 2 is 1.83 bits per heavy atom. The number of benzene rings is 1. The van der Waals surface area contributed by atoms with Gasteiger partial charge in [-0.25, -0.2) is 4.79 Å². The Morgan fingerprint density at radius 3 is 2.33 bits per heavy atom. The summed E-state index contributed by atoms with van der Waals surface area (Å²) in [5.41, 5.74) is 7.86. The van der Waals surface area contributed by atoms with Crippen LogP contribution in [0, 0.1) is 31.6 Å². The summed E-state index contributed by atoms with van der Waals surface area (Å²) in [6, 6.07) is 4.25. The maximum atomic E-state index is 11.9. The first-order valence-electron chi connectivity index (χ1n) is 7.45. The molecule has 8 nitrogen and oxygen atoms in total. The fourth-order valence-corrected chi connectivity index (χ4v) is 2.94. The van der Waals surface area contributed by atoms with E-state index in [0.717, 1.165) is 11.1 Å². The van der Waals surface area contributed by atoms with Crippen LogP contribution in [0.25, 0.3) is 0 Å². The number of rotatable bonds is 6. The second kappa shape index (κ2) is 6.88. The van der Waals surface area contributed by atoms with Crippen LogP contribution >= 0.6 is 0 Å². The minimum atomic E-state index is -1.29. The van der Waals surface area contributed by atoms with Gasteiger partial charge >= 0.3 is 18.0 Å². The van der Waals surface area contributed by atoms with Crippen LogP contribution in [0.15, 0.2) is 18.2 Å². The van der Waals surface area contributed by atoms with Gasteiger partial charge < -0.3 is 20.7 Å². The molecule has 1 saturated carbocycles. The predicted octanol–water partition coefficient (Wildman–Crippen LogP) is 1.21. The van der Waals surface area contributed by atoms with E-state index in [1.807, 2.05) is 32.0 Å². The average molecular weight is 336 g/mol. The molecule has 0 saturated heterocycles. The van der Waals surface area contributed by atoms with Gasteiger partial charge in [-0.05, 0) is 25.0 Å². The molecular weight excluding hydrogens is 316 g/mol. The zero-order chi connectivity index (χ0) is 18.0. The molecular formula is C16H20N2O6. The minimum Gasteiger partial charge on any atom is -0.481 e. The molecule has 5 N–H and O–H groups in total. The molecule has 1 aromatic rings. The maximum absolute atomic E-state index is 11.9. The number of ether oxygens (including phenoxy) is 1. The molecule has 130 valence electrons. The molecule has 8 heteroatoms. The Bertz CT molecular complexity index is 654. The van der Waals surface area contributed by atoms with Crippen molar-refractivity contribution in [1.82, 2.24) is 0 Å². The third-order valence-electron chi connectivity index (χ3n) is 4.33. The second-order valence-corrected chi connectivity index (χ2v) is 5.96. The summed E-state index contributed by atoms with van der Waals surface area (Å²) in [5.74, 6) is -4.66. The van der Waals surface area contributed by atoms with Crippen molar-refractivity contribution in [3.63, 3.8) is 0 Å². The van der Waals surface area contributed by atoms with E-state index in [1.54, 1.807) is 0 Å². The highest BCUT2D eigenvalue weighted by atomic mass is 16.5. The largest absolute Gasteiger partial charge is 0.481 e. The summed E-state index contributed by atoms with van der Waals surface area (Å²) in [7, 11) is 0. The lowest BCUT2D eigenvalue weighted by Crippen LogP contribution is -2.34. The number of carboxylic acids is 2. The highest BCUT2D eigenvalue weighted by molar-refractivity contribution is 5.87. The van der Waals surface area contributed by atoms with Gasteiger partial charge in [0, 0.05) is 17.5 Å². The van der Waals surface area contributed by atoms with Gasteiger partial charge in [0.15, 0.2) is 0 Å². The number of nitrogens with two attached hydrogens (primary N) is 1. The van der Waals surface area contributed by atoms with Crippen molar-refractivity contribution in [2.45, 2.75) is 19.9 Å². The van der Waals surface area contributed by atoms with E-state index in [0.29, 0.717) is 5.69 Å². The van der Waals surface area contributed by atoms with Gasteiger partial charge in [-0.2, -0.15) is 0 Å². The molecule has 2 rings (SSSR count). The van der Waals surface area contributed by atoms with E-state index in [1.165, 1.54) is 0 Å². The standard InChI is InChI=1S/C16H20N2O6/c1-7-4-3-5-8(2)13(7)18-16(23)24-6-9-10(11(9)14(19)20)12(17)15(21)22/h3-5,9-12H,6,17H2,1-2H3,(H,18,23)(H,19,20)(H,21,22). The van der Waals surface area contributed by atoms with Gasteiger partial charge in [0.1, 0.15) is 6.04 Å². The third-order valence-corrected chi connectivity index (χ3v) is 4.33. The van der Waals surface area contributed by atoms with Crippen LogP contribution in [0.3, 0.4) is 0 Å². The SMILES string of the molecule is Cc1cccc(C)c1NC(=O)OCC1C(C(=O)O)C1C(N)C(=O)O. The van der Waals surface area contributed by atoms with E-state index in [2.05, 4.69) is 5.32 Å². The fourth-order valence-electron chi connectivity index (χ4n) is 2.94. The number of hydrogen-bond donors (Lipinski definition) is 4. The van der Waals surface area contributed by atoms with Gasteiger partial charge in [0.25, 0.3) is 0 Å². The maximum Gasteiger partial charge on any atom is 0.411 e. The Morgan fingerprint density at radius 1 is 1.25 bits per heavy atom. The molecule has 0 radical (unpaired) electrons. The lowest BCUT2D eigenvalue weighted by atomic mass is 10.1. The molecule has 4 unspecified atom stereocenters. The van der Waals surface area contributed by atoms with E-state index in [9.17, 15) is 14.4 Å². The lowest BCUT2D eigenvalue weighted by Gasteiger charge is -2.12. The molecule has 1 fully saturated rings. The number of anilines is 1. The van der Waals surface area contributed by atoms with Crippen molar-refractivity contribution in [3.05, 3.63) is 29.3 Å². The summed E-state index contributed by atoms with van der Waals surface area (Å²) < 4.78 is 5.06. The Hall–Kier alpha value is -2.61. The Labute approximate surface area is 138 Å². The van der Waals surface area contributed by atoms with Crippen LogP contribution in [-0.2, 0) is 14.3 Å². The molecule has 0 heterocycles. The van der Waals surface area contributed by atoms with Crippen LogP contribution in [0.1, 0.15) is 11.1 Å². The number of carbonyl (C=O) groups excluding carboxylic acids is 1. The smallest absolute Gasteiger partial charge is 0.411 e. The number of aliphatic carboxylic acids is 2. The van der Waals surface area contributed by atoms with Crippen LogP contribution in [-0.4, -0.2) is 40.9 Å². The van der Waals surface area contributed by atoms with E-state index in [-0.39, 0.29) is 6.61 Å². The van der Waals surface area contributed by atoms with Crippen molar-refractivity contribution in [1.29, 1.82) is 0 Å². The lowest BCUT2D eigenvalue weighted by molar-refractivity contribution is -0.140. The third kappa shape index (κ3) is 3.65. The Kier molecular flexibility index (Phi) is 5.08. The van der Waals surface area contributed by atoms with Crippen LogP contribution in [0.4, 0.5) is 10.5 Å². The van der Waals surface area contributed by atoms with Crippen molar-refractivity contribution >= 4 is 23.7 Å². The van der Waals surface area contributed by atoms with Crippen LogP contribution in [0.5, 0.6) is 0 Å². The molecule has 24 heavy (non-hydrogen) atoms. The van der Waals surface area contributed by atoms with Crippen LogP contribution in [0.2, 0.25) is 0 Å². The number of carboxylic acid groups (broad SMARTS) is 2. The predicted molar refractivity (Wildman–Crippen MR) is 84.6 cm³/mol. The summed E-state index contributed by atoms with van der Waals surface area (Å²) in [6.07, 6.45) is -0.717. The minimum absolute atomic E-state index is 0.195. The van der Waals surface area contributed by atoms with E-state index >= 15 is 0 Å².